The Balaban J connectivity index is 1.99. The van der Waals surface area contributed by atoms with Gasteiger partial charge in [-0.3, -0.25) is 0 Å². The Morgan fingerprint density at radius 2 is 1.71 bits per heavy atom. The van der Waals surface area contributed by atoms with Crippen molar-refractivity contribution in [3.63, 3.8) is 0 Å². The van der Waals surface area contributed by atoms with Gasteiger partial charge in [0.05, 0.1) is 5.69 Å². The van der Waals surface area contributed by atoms with E-state index in [-0.39, 0.29) is 0 Å². The van der Waals surface area contributed by atoms with E-state index in [0.29, 0.717) is 0 Å². The quantitative estimate of drug-likeness (QED) is 0.374. The Labute approximate surface area is 143 Å². The van der Waals surface area contributed by atoms with Gasteiger partial charge in [-0.2, -0.15) is 0 Å². The molecule has 2 aromatic carbocycles. The highest BCUT2D eigenvalue weighted by Crippen LogP contribution is 2.40. The van der Waals surface area contributed by atoms with Crippen molar-refractivity contribution in [3.05, 3.63) is 83.6 Å². The lowest BCUT2D eigenvalue weighted by atomic mass is 9.97. The summed E-state index contributed by atoms with van der Waals surface area (Å²) in [5.74, 6) is 0. The fraction of sp³-hybridized carbons (Fsp3) is 0. The van der Waals surface area contributed by atoms with Crippen molar-refractivity contribution in [1.82, 2.24) is 4.98 Å². The van der Waals surface area contributed by atoms with E-state index >= 15 is 0 Å². The van der Waals surface area contributed by atoms with Crippen LogP contribution in [0.15, 0.2) is 72.5 Å². The SMILES string of the molecule is C1=CC=Cc2c(-c3ccccc3)nc3sc4ccccc4c3c2C=1. The molecule has 2 heteroatoms. The van der Waals surface area contributed by atoms with Gasteiger partial charge in [0.1, 0.15) is 4.83 Å². The molecule has 112 valence electrons. The number of rotatable bonds is 1. The smallest absolute Gasteiger partial charge is 0.125 e. The Bertz CT molecular complexity index is 1170. The number of thiophene rings is 1. The van der Waals surface area contributed by atoms with Crippen LogP contribution in [-0.2, 0) is 0 Å². The number of fused-ring (bicyclic) bond motifs is 5. The zero-order chi connectivity index (χ0) is 15.9. The van der Waals surface area contributed by atoms with E-state index in [1.54, 1.807) is 11.3 Å². The lowest BCUT2D eigenvalue weighted by Crippen LogP contribution is -1.93. The average Bonchev–Trinajstić information content (AvgIpc) is 2.83. The van der Waals surface area contributed by atoms with E-state index in [9.17, 15) is 0 Å². The van der Waals surface area contributed by atoms with Crippen LogP contribution in [0, 0.1) is 0 Å². The molecule has 0 N–H and O–H groups in total. The molecule has 4 aromatic rings. The minimum atomic E-state index is 1.04. The van der Waals surface area contributed by atoms with Crippen LogP contribution in [0.3, 0.4) is 0 Å². The number of aromatic nitrogens is 1. The molecule has 1 aliphatic rings. The summed E-state index contributed by atoms with van der Waals surface area (Å²) in [6, 6.07) is 18.9. The van der Waals surface area contributed by atoms with E-state index in [1.807, 2.05) is 18.2 Å². The molecule has 0 saturated heterocycles. The number of hydrogen-bond acceptors (Lipinski definition) is 2. The molecule has 1 nitrogen and oxygen atoms in total. The minimum absolute atomic E-state index is 1.04. The predicted molar refractivity (Wildman–Crippen MR) is 104 cm³/mol. The second-order valence-electron chi connectivity index (χ2n) is 5.77. The Hall–Kier alpha value is -2.93. The van der Waals surface area contributed by atoms with Crippen LogP contribution in [0.2, 0.25) is 0 Å². The zero-order valence-electron chi connectivity index (χ0n) is 12.9. The first kappa shape index (κ1) is 13.5. The summed E-state index contributed by atoms with van der Waals surface area (Å²) >= 11 is 1.76. The molecule has 0 unspecified atom stereocenters. The van der Waals surface area contributed by atoms with E-state index in [1.165, 1.54) is 26.6 Å². The van der Waals surface area contributed by atoms with Gasteiger partial charge in [0.15, 0.2) is 0 Å². The Kier molecular flexibility index (Phi) is 2.99. The van der Waals surface area contributed by atoms with Gasteiger partial charge in [-0.25, -0.2) is 4.98 Å². The summed E-state index contributed by atoms with van der Waals surface area (Å²) in [7, 11) is 0. The van der Waals surface area contributed by atoms with Crippen LogP contribution >= 0.6 is 11.3 Å². The van der Waals surface area contributed by atoms with Crippen LogP contribution in [0.1, 0.15) is 11.1 Å². The van der Waals surface area contributed by atoms with E-state index in [4.69, 9.17) is 4.98 Å². The molecule has 2 aromatic heterocycles. The van der Waals surface area contributed by atoms with Gasteiger partial charge in [0.25, 0.3) is 0 Å². The van der Waals surface area contributed by atoms with Crippen molar-refractivity contribution >= 4 is 43.8 Å². The van der Waals surface area contributed by atoms with Crippen molar-refractivity contribution < 1.29 is 0 Å². The second kappa shape index (κ2) is 5.31. The second-order valence-corrected chi connectivity index (χ2v) is 6.80. The predicted octanol–water partition coefficient (Wildman–Crippen LogP) is 6.31. The third kappa shape index (κ3) is 1.98. The average molecular weight is 323 g/mol. The van der Waals surface area contributed by atoms with Gasteiger partial charge in [0, 0.05) is 32.2 Å². The van der Waals surface area contributed by atoms with E-state index in [0.717, 1.165) is 16.1 Å². The van der Waals surface area contributed by atoms with E-state index < -0.39 is 0 Å². The standard InChI is InChI=1S/C22H13NS/c1-3-9-15(10-4-1)21-17-12-6-2-5-11-16(17)20-18-13-7-8-14-19(18)24-22(20)23-21/h1-4,6-14H. The Morgan fingerprint density at radius 3 is 2.62 bits per heavy atom. The van der Waals surface area contributed by atoms with Crippen molar-refractivity contribution in [2.75, 3.05) is 0 Å². The van der Waals surface area contributed by atoms with Gasteiger partial charge in [-0.05, 0) is 18.2 Å². The number of pyridine rings is 1. The van der Waals surface area contributed by atoms with Gasteiger partial charge in [0.2, 0.25) is 0 Å². The first-order chi connectivity index (χ1) is 11.9. The summed E-state index contributed by atoms with van der Waals surface area (Å²) in [5.41, 5.74) is 7.83. The molecular formula is C22H13NS. The molecule has 24 heavy (non-hydrogen) atoms. The molecule has 2 heterocycles. The third-order valence-corrected chi connectivity index (χ3v) is 5.40. The fourth-order valence-corrected chi connectivity index (χ4v) is 4.36. The molecule has 0 aliphatic heterocycles. The third-order valence-electron chi connectivity index (χ3n) is 4.34. The maximum absolute atomic E-state index is 5.04. The van der Waals surface area contributed by atoms with Gasteiger partial charge in [-0.15, -0.1) is 17.1 Å². The lowest BCUT2D eigenvalue weighted by molar-refractivity contribution is 1.40. The molecule has 0 spiro atoms. The molecule has 0 bridgehead atoms. The normalized spacial score (nSPS) is 12.7. The summed E-state index contributed by atoms with van der Waals surface area (Å²) in [6.45, 7) is 0. The molecule has 0 fully saturated rings. The van der Waals surface area contributed by atoms with E-state index in [2.05, 4.69) is 66.4 Å². The van der Waals surface area contributed by atoms with Gasteiger partial charge >= 0.3 is 0 Å². The molecule has 0 radical (unpaired) electrons. The highest BCUT2D eigenvalue weighted by atomic mass is 32.1. The number of benzene rings is 2. The number of hydrogen-bond donors (Lipinski definition) is 0. The van der Waals surface area contributed by atoms with Crippen molar-refractivity contribution in [2.24, 2.45) is 0 Å². The van der Waals surface area contributed by atoms with Crippen molar-refractivity contribution in [3.8, 4) is 11.3 Å². The molecule has 5 rings (SSSR count). The number of allylic oxidation sites excluding steroid dienone is 2. The summed E-state index contributed by atoms with van der Waals surface area (Å²) in [6.07, 6.45) is 8.23. The highest BCUT2D eigenvalue weighted by Gasteiger charge is 2.17. The summed E-state index contributed by atoms with van der Waals surface area (Å²) in [5, 5.41) is 2.51. The van der Waals surface area contributed by atoms with Crippen molar-refractivity contribution in [1.29, 1.82) is 0 Å². The maximum atomic E-state index is 5.04. The maximum Gasteiger partial charge on any atom is 0.125 e. The topological polar surface area (TPSA) is 12.9 Å². The molecule has 1 aliphatic carbocycles. The molecule has 0 saturated carbocycles. The van der Waals surface area contributed by atoms with Crippen LogP contribution in [0.5, 0.6) is 0 Å². The Morgan fingerprint density at radius 1 is 0.875 bits per heavy atom. The monoisotopic (exact) mass is 323 g/mol. The molecule has 0 amide bonds. The number of nitrogens with zero attached hydrogens (tertiary/aromatic N) is 1. The first-order valence-corrected chi connectivity index (χ1v) is 8.73. The molecule has 0 atom stereocenters. The van der Waals surface area contributed by atoms with Crippen molar-refractivity contribution in [2.45, 2.75) is 0 Å². The van der Waals surface area contributed by atoms with Gasteiger partial charge < -0.3 is 0 Å². The summed E-state index contributed by atoms with van der Waals surface area (Å²) in [4.78, 5) is 6.13. The van der Waals surface area contributed by atoms with Crippen LogP contribution in [0.25, 0.3) is 43.7 Å². The zero-order valence-corrected chi connectivity index (χ0v) is 13.7. The molecular weight excluding hydrogens is 310 g/mol. The van der Waals surface area contributed by atoms with Crippen LogP contribution in [-0.4, -0.2) is 4.98 Å². The highest BCUT2D eigenvalue weighted by molar-refractivity contribution is 7.25. The minimum Gasteiger partial charge on any atom is -0.236 e. The van der Waals surface area contributed by atoms with Crippen LogP contribution in [0.4, 0.5) is 0 Å². The van der Waals surface area contributed by atoms with Crippen LogP contribution < -0.4 is 0 Å². The fourth-order valence-electron chi connectivity index (χ4n) is 3.26. The largest absolute Gasteiger partial charge is 0.236 e. The van der Waals surface area contributed by atoms with Gasteiger partial charge in [-0.1, -0.05) is 60.7 Å². The lowest BCUT2D eigenvalue weighted by Gasteiger charge is -2.10. The first-order valence-electron chi connectivity index (χ1n) is 7.91. The summed E-state index contributed by atoms with van der Waals surface area (Å²) < 4.78 is 1.28.